The molecule has 0 radical (unpaired) electrons. The summed E-state index contributed by atoms with van der Waals surface area (Å²) in [4.78, 5) is 24.9. The lowest BCUT2D eigenvalue weighted by Crippen LogP contribution is -2.44. The largest absolute Gasteiger partial charge is 0.481 e. The van der Waals surface area contributed by atoms with Crippen LogP contribution in [0.2, 0.25) is 0 Å². The van der Waals surface area contributed by atoms with Crippen molar-refractivity contribution in [3.63, 3.8) is 0 Å². The quantitative estimate of drug-likeness (QED) is 0.708. The summed E-state index contributed by atoms with van der Waals surface area (Å²) in [5, 5.41) is 11.9. The number of rotatable bonds is 9. The Hall–Kier alpha value is -2.89. The second-order valence-corrected chi connectivity index (χ2v) is 6.57. The van der Waals surface area contributed by atoms with Gasteiger partial charge < -0.3 is 15.3 Å². The minimum absolute atomic E-state index is 0.00290. The van der Waals surface area contributed by atoms with Crippen LogP contribution in [0.3, 0.4) is 0 Å². The third-order valence-corrected chi connectivity index (χ3v) is 4.36. The first kappa shape index (κ1) is 20.4. The molecule has 1 unspecified atom stereocenters. The van der Waals surface area contributed by atoms with Crippen LogP contribution in [-0.2, 0) is 17.6 Å². The number of carbonyl (C=O) groups excluding carboxylic acids is 1. The highest BCUT2D eigenvalue weighted by Crippen LogP contribution is 2.09. The summed E-state index contributed by atoms with van der Waals surface area (Å²) in [5.41, 5.74) is 1.99. The number of carboxylic acid groups (broad SMARTS) is 1. The van der Waals surface area contributed by atoms with Crippen molar-refractivity contribution >= 4 is 12.0 Å². The Morgan fingerprint density at radius 1 is 1.07 bits per heavy atom. The molecule has 5 nitrogen and oxygen atoms in total. The van der Waals surface area contributed by atoms with Gasteiger partial charge >= 0.3 is 12.0 Å². The highest BCUT2D eigenvalue weighted by molar-refractivity contribution is 5.74. The Morgan fingerprint density at radius 2 is 1.74 bits per heavy atom. The van der Waals surface area contributed by atoms with Gasteiger partial charge in [-0.15, -0.1) is 0 Å². The minimum atomic E-state index is -0.882. The third-order valence-electron chi connectivity index (χ3n) is 4.36. The monoisotopic (exact) mass is 372 g/mol. The first-order valence-electron chi connectivity index (χ1n) is 8.96. The molecule has 0 bridgehead atoms. The van der Waals surface area contributed by atoms with Crippen LogP contribution >= 0.6 is 0 Å². The number of nitrogens with zero attached hydrogens (tertiary/aromatic N) is 1. The van der Waals surface area contributed by atoms with E-state index in [1.54, 1.807) is 24.1 Å². The molecule has 2 aromatic rings. The zero-order valence-corrected chi connectivity index (χ0v) is 15.4. The molecular weight excluding hydrogens is 347 g/mol. The molecule has 144 valence electrons. The summed E-state index contributed by atoms with van der Waals surface area (Å²) in [5.74, 6) is -1.17. The van der Waals surface area contributed by atoms with Crippen LogP contribution in [-0.4, -0.2) is 41.6 Å². The highest BCUT2D eigenvalue weighted by Gasteiger charge is 2.17. The standard InChI is InChI=1S/C21H25FN2O3/c1-24(14-13-16-7-9-18(22)10-8-16)21(27)23-19(11-12-20(25)26)15-17-5-3-2-4-6-17/h2-10,19H,11-15H2,1H3,(H,23,27)(H,25,26). The smallest absolute Gasteiger partial charge is 0.317 e. The van der Waals surface area contributed by atoms with E-state index < -0.39 is 5.97 Å². The second-order valence-electron chi connectivity index (χ2n) is 6.57. The first-order chi connectivity index (χ1) is 12.9. The maximum atomic E-state index is 12.9. The maximum Gasteiger partial charge on any atom is 0.317 e. The van der Waals surface area contributed by atoms with E-state index in [1.165, 1.54) is 12.1 Å². The van der Waals surface area contributed by atoms with E-state index in [1.807, 2.05) is 30.3 Å². The molecule has 6 heteroatoms. The van der Waals surface area contributed by atoms with E-state index in [0.717, 1.165) is 11.1 Å². The average molecular weight is 372 g/mol. The van der Waals surface area contributed by atoms with Crippen molar-refractivity contribution in [2.45, 2.75) is 31.7 Å². The number of halogens is 1. The van der Waals surface area contributed by atoms with Gasteiger partial charge in [-0.3, -0.25) is 4.79 Å². The van der Waals surface area contributed by atoms with Crippen molar-refractivity contribution in [2.75, 3.05) is 13.6 Å². The molecule has 0 aliphatic rings. The van der Waals surface area contributed by atoms with Crippen molar-refractivity contribution in [3.05, 3.63) is 71.5 Å². The second kappa shape index (κ2) is 10.3. The van der Waals surface area contributed by atoms with Gasteiger partial charge in [-0.2, -0.15) is 0 Å². The van der Waals surface area contributed by atoms with Gasteiger partial charge in [0, 0.05) is 26.1 Å². The van der Waals surface area contributed by atoms with Gasteiger partial charge in [-0.25, -0.2) is 9.18 Å². The number of carbonyl (C=O) groups is 2. The van der Waals surface area contributed by atoms with Crippen molar-refractivity contribution in [2.24, 2.45) is 0 Å². The molecule has 1 atom stereocenters. The van der Waals surface area contributed by atoms with Crippen LogP contribution in [0.25, 0.3) is 0 Å². The Morgan fingerprint density at radius 3 is 2.37 bits per heavy atom. The summed E-state index contributed by atoms with van der Waals surface area (Å²) in [6.07, 6.45) is 1.55. The molecular formula is C21H25FN2O3. The van der Waals surface area contributed by atoms with Crippen LogP contribution in [0.15, 0.2) is 54.6 Å². The molecule has 0 fully saturated rings. The summed E-state index contributed by atoms with van der Waals surface area (Å²) >= 11 is 0. The Kier molecular flexibility index (Phi) is 7.79. The number of likely N-dealkylation sites (N-methyl/N-ethyl adjacent to an activating group) is 1. The van der Waals surface area contributed by atoms with Crippen molar-refractivity contribution in [3.8, 4) is 0 Å². The lowest BCUT2D eigenvalue weighted by Gasteiger charge is -2.23. The average Bonchev–Trinajstić information content (AvgIpc) is 2.66. The van der Waals surface area contributed by atoms with Crippen LogP contribution in [0, 0.1) is 5.82 Å². The lowest BCUT2D eigenvalue weighted by molar-refractivity contribution is -0.137. The molecule has 2 N–H and O–H groups in total. The Balaban J connectivity index is 1.90. The zero-order chi connectivity index (χ0) is 19.6. The summed E-state index contributed by atoms with van der Waals surface area (Å²) in [7, 11) is 1.69. The zero-order valence-electron chi connectivity index (χ0n) is 15.4. The molecule has 0 aliphatic carbocycles. The molecule has 0 saturated heterocycles. The molecule has 0 spiro atoms. The van der Waals surface area contributed by atoms with Gasteiger partial charge in [0.1, 0.15) is 5.82 Å². The SMILES string of the molecule is CN(CCc1ccc(F)cc1)C(=O)NC(CCC(=O)O)Cc1ccccc1. The fourth-order valence-corrected chi connectivity index (χ4v) is 2.76. The number of carboxylic acids is 1. The fraction of sp³-hybridized carbons (Fsp3) is 0.333. The number of aliphatic carboxylic acids is 1. The normalized spacial score (nSPS) is 11.6. The number of hydrogen-bond acceptors (Lipinski definition) is 2. The van der Waals surface area contributed by atoms with Crippen LogP contribution < -0.4 is 5.32 Å². The summed E-state index contributed by atoms with van der Waals surface area (Å²) in [6.45, 7) is 0.481. The van der Waals surface area contributed by atoms with Gasteiger partial charge in [0.25, 0.3) is 0 Å². The van der Waals surface area contributed by atoms with Crippen molar-refractivity contribution in [1.29, 1.82) is 0 Å². The van der Waals surface area contributed by atoms with E-state index in [-0.39, 0.29) is 24.3 Å². The molecule has 27 heavy (non-hydrogen) atoms. The number of urea groups is 1. The van der Waals surface area contributed by atoms with Gasteiger partial charge in [0.15, 0.2) is 0 Å². The number of nitrogens with one attached hydrogen (secondary N) is 1. The van der Waals surface area contributed by atoms with E-state index >= 15 is 0 Å². The van der Waals surface area contributed by atoms with E-state index in [9.17, 15) is 14.0 Å². The summed E-state index contributed by atoms with van der Waals surface area (Å²) < 4.78 is 12.9. The maximum absolute atomic E-state index is 12.9. The predicted octanol–water partition coefficient (Wildman–Crippen LogP) is 3.49. The lowest BCUT2D eigenvalue weighted by atomic mass is 10.0. The fourth-order valence-electron chi connectivity index (χ4n) is 2.76. The summed E-state index contributed by atoms with van der Waals surface area (Å²) in [6, 6.07) is 15.4. The predicted molar refractivity (Wildman–Crippen MR) is 102 cm³/mol. The molecule has 0 heterocycles. The van der Waals surface area contributed by atoms with Crippen LogP contribution in [0.1, 0.15) is 24.0 Å². The van der Waals surface area contributed by atoms with Gasteiger partial charge in [0.05, 0.1) is 0 Å². The number of amides is 2. The molecule has 0 aromatic heterocycles. The minimum Gasteiger partial charge on any atom is -0.481 e. The molecule has 2 aromatic carbocycles. The van der Waals surface area contributed by atoms with E-state index in [4.69, 9.17) is 5.11 Å². The Labute approximate surface area is 158 Å². The van der Waals surface area contributed by atoms with Gasteiger partial charge in [-0.05, 0) is 42.5 Å². The molecule has 2 rings (SSSR count). The van der Waals surface area contributed by atoms with Gasteiger partial charge in [0.2, 0.25) is 0 Å². The number of benzene rings is 2. The molecule has 2 amide bonds. The van der Waals surface area contributed by atoms with E-state index in [0.29, 0.717) is 25.8 Å². The molecule has 0 saturated carbocycles. The number of hydrogen-bond donors (Lipinski definition) is 2. The van der Waals surface area contributed by atoms with Gasteiger partial charge in [-0.1, -0.05) is 42.5 Å². The third kappa shape index (κ3) is 7.48. The van der Waals surface area contributed by atoms with Crippen LogP contribution in [0.4, 0.5) is 9.18 Å². The molecule has 0 aliphatic heterocycles. The first-order valence-corrected chi connectivity index (χ1v) is 8.96. The van der Waals surface area contributed by atoms with E-state index in [2.05, 4.69) is 5.32 Å². The van der Waals surface area contributed by atoms with Crippen LogP contribution in [0.5, 0.6) is 0 Å². The highest BCUT2D eigenvalue weighted by atomic mass is 19.1. The topological polar surface area (TPSA) is 69.6 Å². The van der Waals surface area contributed by atoms with Crippen molar-refractivity contribution in [1.82, 2.24) is 10.2 Å². The van der Waals surface area contributed by atoms with Crippen molar-refractivity contribution < 1.29 is 19.1 Å². The Bertz CT molecular complexity index is 735.